The maximum Gasteiger partial charge on any atom is 0.223 e. The maximum atomic E-state index is 11.2. The molecule has 0 radical (unpaired) electrons. The molecule has 2 rings (SSSR count). The van der Waals surface area contributed by atoms with Crippen LogP contribution in [-0.4, -0.2) is 17.1 Å². The summed E-state index contributed by atoms with van der Waals surface area (Å²) >= 11 is 0. The van der Waals surface area contributed by atoms with Crippen molar-refractivity contribution >= 4 is 5.91 Å². The minimum Gasteiger partial charge on any atom is -0.392 e. The van der Waals surface area contributed by atoms with Crippen LogP contribution >= 0.6 is 0 Å². The summed E-state index contributed by atoms with van der Waals surface area (Å²) in [6.45, 7) is 0. The fourth-order valence-corrected chi connectivity index (χ4v) is 1.79. The van der Waals surface area contributed by atoms with Gasteiger partial charge in [-0.15, -0.1) is 0 Å². The largest absolute Gasteiger partial charge is 0.392 e. The third kappa shape index (κ3) is 1.93. The van der Waals surface area contributed by atoms with Crippen LogP contribution < -0.4 is 5.32 Å². The highest BCUT2D eigenvalue weighted by Crippen LogP contribution is 2.23. The Labute approximate surface area is 82.8 Å². The van der Waals surface area contributed by atoms with Crippen LogP contribution in [0.4, 0.5) is 0 Å². The monoisotopic (exact) mass is 191 g/mol. The number of hydrogen-bond acceptors (Lipinski definition) is 2. The summed E-state index contributed by atoms with van der Waals surface area (Å²) < 4.78 is 0. The van der Waals surface area contributed by atoms with Gasteiger partial charge in [-0.2, -0.15) is 0 Å². The van der Waals surface area contributed by atoms with Gasteiger partial charge in [-0.3, -0.25) is 4.79 Å². The van der Waals surface area contributed by atoms with Gasteiger partial charge in [0.05, 0.1) is 18.6 Å². The number of benzene rings is 1. The number of aliphatic hydroxyl groups excluding tert-OH is 1. The van der Waals surface area contributed by atoms with Gasteiger partial charge in [0, 0.05) is 0 Å². The second-order valence-electron chi connectivity index (χ2n) is 3.62. The van der Waals surface area contributed by atoms with Crippen LogP contribution in [0.3, 0.4) is 0 Å². The molecule has 0 aliphatic carbocycles. The average molecular weight is 191 g/mol. The van der Waals surface area contributed by atoms with E-state index in [0.29, 0.717) is 6.42 Å². The molecule has 3 heteroatoms. The molecule has 0 saturated carbocycles. The lowest BCUT2D eigenvalue weighted by atomic mass is 9.95. The Balaban J connectivity index is 2.15. The standard InChI is InChI=1S/C11H13NO2/c13-9-6-10(12-11(14)7-9)8-4-2-1-3-5-8/h1-5,9-10,13H,6-7H2,(H,12,14). The molecule has 2 atom stereocenters. The first-order chi connectivity index (χ1) is 6.75. The molecule has 1 aliphatic heterocycles. The highest BCUT2D eigenvalue weighted by molar-refractivity contribution is 5.77. The normalized spacial score (nSPS) is 27.1. The van der Waals surface area contributed by atoms with E-state index in [1.165, 1.54) is 0 Å². The lowest BCUT2D eigenvalue weighted by Gasteiger charge is -2.27. The minimum atomic E-state index is -0.506. The van der Waals surface area contributed by atoms with E-state index in [2.05, 4.69) is 5.32 Å². The van der Waals surface area contributed by atoms with Crippen molar-refractivity contribution in [3.63, 3.8) is 0 Å². The molecular weight excluding hydrogens is 178 g/mol. The molecule has 0 spiro atoms. The summed E-state index contributed by atoms with van der Waals surface area (Å²) in [4.78, 5) is 11.2. The van der Waals surface area contributed by atoms with E-state index >= 15 is 0 Å². The third-order valence-corrected chi connectivity index (χ3v) is 2.47. The van der Waals surface area contributed by atoms with Crippen LogP contribution in [-0.2, 0) is 4.79 Å². The number of rotatable bonds is 1. The Morgan fingerprint density at radius 1 is 1.29 bits per heavy atom. The fraction of sp³-hybridized carbons (Fsp3) is 0.364. The highest BCUT2D eigenvalue weighted by Gasteiger charge is 2.25. The first-order valence-electron chi connectivity index (χ1n) is 4.78. The second kappa shape index (κ2) is 3.80. The number of aliphatic hydroxyl groups is 1. The van der Waals surface area contributed by atoms with Gasteiger partial charge in [0.15, 0.2) is 0 Å². The lowest BCUT2D eigenvalue weighted by molar-refractivity contribution is -0.126. The van der Waals surface area contributed by atoms with Gasteiger partial charge in [-0.1, -0.05) is 30.3 Å². The molecule has 1 fully saturated rings. The number of amides is 1. The Bertz CT molecular complexity index is 323. The van der Waals surface area contributed by atoms with E-state index in [9.17, 15) is 9.90 Å². The molecule has 1 aromatic rings. The second-order valence-corrected chi connectivity index (χ2v) is 3.62. The summed E-state index contributed by atoms with van der Waals surface area (Å²) in [6.07, 6.45) is 0.327. The molecule has 1 aliphatic rings. The Morgan fingerprint density at radius 2 is 2.00 bits per heavy atom. The van der Waals surface area contributed by atoms with Gasteiger partial charge in [0.1, 0.15) is 0 Å². The van der Waals surface area contributed by atoms with Gasteiger partial charge in [0.25, 0.3) is 0 Å². The molecule has 1 amide bonds. The molecule has 1 aromatic carbocycles. The van der Waals surface area contributed by atoms with E-state index in [4.69, 9.17) is 0 Å². The van der Waals surface area contributed by atoms with Gasteiger partial charge in [-0.05, 0) is 12.0 Å². The fourth-order valence-electron chi connectivity index (χ4n) is 1.79. The van der Waals surface area contributed by atoms with Crippen molar-refractivity contribution in [3.05, 3.63) is 35.9 Å². The molecule has 0 aromatic heterocycles. The number of piperidine rings is 1. The van der Waals surface area contributed by atoms with Crippen LogP contribution in [0.25, 0.3) is 0 Å². The van der Waals surface area contributed by atoms with Crippen LogP contribution in [0.15, 0.2) is 30.3 Å². The van der Waals surface area contributed by atoms with Crippen LogP contribution in [0, 0.1) is 0 Å². The van der Waals surface area contributed by atoms with E-state index in [1.54, 1.807) is 0 Å². The van der Waals surface area contributed by atoms with Crippen molar-refractivity contribution in [1.29, 1.82) is 0 Å². The topological polar surface area (TPSA) is 49.3 Å². The SMILES string of the molecule is O=C1CC(O)CC(c2ccccc2)N1. The number of nitrogens with one attached hydrogen (secondary N) is 1. The zero-order valence-corrected chi connectivity index (χ0v) is 7.81. The zero-order valence-electron chi connectivity index (χ0n) is 7.81. The van der Waals surface area contributed by atoms with Crippen LogP contribution in [0.2, 0.25) is 0 Å². The van der Waals surface area contributed by atoms with Crippen molar-refractivity contribution in [1.82, 2.24) is 5.32 Å². The van der Waals surface area contributed by atoms with Crippen molar-refractivity contribution in [2.75, 3.05) is 0 Å². The predicted octanol–water partition coefficient (Wildman–Crippen LogP) is 0.999. The summed E-state index contributed by atoms with van der Waals surface area (Å²) in [5.74, 6) is -0.0717. The number of carbonyl (C=O) groups excluding carboxylic acids is 1. The Morgan fingerprint density at radius 3 is 2.64 bits per heavy atom. The molecule has 3 nitrogen and oxygen atoms in total. The molecule has 1 saturated heterocycles. The van der Waals surface area contributed by atoms with E-state index < -0.39 is 6.10 Å². The first kappa shape index (κ1) is 9.21. The lowest BCUT2D eigenvalue weighted by Crippen LogP contribution is -2.38. The summed E-state index contributed by atoms with van der Waals surface area (Å²) in [5.41, 5.74) is 1.06. The highest BCUT2D eigenvalue weighted by atomic mass is 16.3. The summed E-state index contributed by atoms with van der Waals surface area (Å²) in [7, 11) is 0. The quantitative estimate of drug-likeness (QED) is 0.695. The van der Waals surface area contributed by atoms with Gasteiger partial charge in [-0.25, -0.2) is 0 Å². The van der Waals surface area contributed by atoms with Gasteiger partial charge >= 0.3 is 0 Å². The van der Waals surface area contributed by atoms with Gasteiger partial charge < -0.3 is 10.4 Å². The van der Waals surface area contributed by atoms with Crippen molar-refractivity contribution < 1.29 is 9.90 Å². The van der Waals surface area contributed by atoms with Crippen LogP contribution in [0.5, 0.6) is 0 Å². The third-order valence-electron chi connectivity index (χ3n) is 2.47. The van der Waals surface area contributed by atoms with Crippen molar-refractivity contribution in [2.24, 2.45) is 0 Å². The molecule has 1 heterocycles. The van der Waals surface area contributed by atoms with Gasteiger partial charge in [0.2, 0.25) is 5.91 Å². The molecule has 74 valence electrons. The van der Waals surface area contributed by atoms with E-state index in [-0.39, 0.29) is 18.4 Å². The van der Waals surface area contributed by atoms with Crippen molar-refractivity contribution in [2.45, 2.75) is 25.0 Å². The smallest absolute Gasteiger partial charge is 0.223 e. The Hall–Kier alpha value is -1.35. The summed E-state index contributed by atoms with van der Waals surface area (Å²) in [6, 6.07) is 9.69. The van der Waals surface area contributed by atoms with E-state index in [0.717, 1.165) is 5.56 Å². The minimum absolute atomic E-state index is 0.0348. The first-order valence-corrected chi connectivity index (χ1v) is 4.78. The zero-order chi connectivity index (χ0) is 9.97. The molecule has 2 N–H and O–H groups in total. The predicted molar refractivity (Wildman–Crippen MR) is 52.6 cm³/mol. The van der Waals surface area contributed by atoms with E-state index in [1.807, 2.05) is 30.3 Å². The average Bonchev–Trinajstić information content (AvgIpc) is 2.18. The molecule has 0 bridgehead atoms. The molecule has 2 unspecified atom stereocenters. The number of hydrogen-bond donors (Lipinski definition) is 2. The molecular formula is C11H13NO2. The van der Waals surface area contributed by atoms with Crippen molar-refractivity contribution in [3.8, 4) is 0 Å². The Kier molecular flexibility index (Phi) is 2.50. The maximum absolute atomic E-state index is 11.2. The summed E-state index contributed by atoms with van der Waals surface area (Å²) in [5, 5.41) is 12.3. The number of carbonyl (C=O) groups is 1. The molecule has 14 heavy (non-hydrogen) atoms. The van der Waals surface area contributed by atoms with Crippen LogP contribution in [0.1, 0.15) is 24.4 Å².